The van der Waals surface area contributed by atoms with E-state index in [1.807, 2.05) is 0 Å². The molecule has 1 aliphatic carbocycles. The van der Waals surface area contributed by atoms with Gasteiger partial charge in [0.25, 0.3) is 0 Å². The summed E-state index contributed by atoms with van der Waals surface area (Å²) in [5.74, 6) is 1.74. The number of nitrogens with two attached hydrogens (primary N) is 1. The average Bonchev–Trinajstić information content (AvgIpc) is 2.60. The van der Waals surface area contributed by atoms with E-state index in [1.54, 1.807) is 0 Å². The van der Waals surface area contributed by atoms with E-state index in [0.29, 0.717) is 11.5 Å². The molecule has 0 radical (unpaired) electrons. The highest BCUT2D eigenvalue weighted by Gasteiger charge is 2.37. The van der Waals surface area contributed by atoms with E-state index >= 15 is 0 Å². The second-order valence-electron chi connectivity index (χ2n) is 5.64. The second-order valence-corrected chi connectivity index (χ2v) is 5.64. The van der Waals surface area contributed by atoms with Crippen LogP contribution in [0, 0.1) is 17.3 Å². The summed E-state index contributed by atoms with van der Waals surface area (Å²) >= 11 is 0. The molecule has 1 fully saturated rings. The Bertz CT molecular complexity index is 146. The van der Waals surface area contributed by atoms with E-state index in [2.05, 4.69) is 27.7 Å². The molecule has 3 atom stereocenters. The minimum Gasteiger partial charge on any atom is -0.327 e. The van der Waals surface area contributed by atoms with Crippen LogP contribution in [0.1, 0.15) is 47.0 Å². The third-order valence-electron chi connectivity index (χ3n) is 2.95. The predicted molar refractivity (Wildman–Crippen MR) is 53.9 cm³/mol. The molecular weight excluding hydrogens is 146 g/mol. The molecule has 1 rings (SSSR count). The van der Waals surface area contributed by atoms with Crippen LogP contribution in [0.2, 0.25) is 0 Å². The predicted octanol–water partition coefficient (Wildman–Crippen LogP) is 2.80. The minimum absolute atomic E-state index is 0.454. The van der Waals surface area contributed by atoms with E-state index in [9.17, 15) is 0 Å². The van der Waals surface area contributed by atoms with Crippen molar-refractivity contribution in [3.05, 3.63) is 0 Å². The van der Waals surface area contributed by atoms with Crippen molar-refractivity contribution in [3.8, 4) is 0 Å². The van der Waals surface area contributed by atoms with Crippen LogP contribution in [-0.4, -0.2) is 6.04 Å². The Kier molecular flexibility index (Phi) is 2.82. The Labute approximate surface area is 76.7 Å². The van der Waals surface area contributed by atoms with Gasteiger partial charge >= 0.3 is 0 Å². The largest absolute Gasteiger partial charge is 0.327 e. The quantitative estimate of drug-likeness (QED) is 0.690. The first-order valence-corrected chi connectivity index (χ1v) is 5.16. The number of rotatable bonds is 3. The summed E-state index contributed by atoms with van der Waals surface area (Å²) in [5, 5.41) is 0. The van der Waals surface area contributed by atoms with Gasteiger partial charge in [-0.3, -0.25) is 0 Å². The van der Waals surface area contributed by atoms with Gasteiger partial charge in [0.2, 0.25) is 0 Å². The van der Waals surface area contributed by atoms with Crippen LogP contribution in [0.5, 0.6) is 0 Å². The molecule has 0 aromatic rings. The Morgan fingerprint density at radius 2 is 1.92 bits per heavy atom. The van der Waals surface area contributed by atoms with Gasteiger partial charge in [-0.15, -0.1) is 0 Å². The molecule has 0 aromatic carbocycles. The lowest BCUT2D eigenvalue weighted by Crippen LogP contribution is -2.25. The minimum atomic E-state index is 0.454. The van der Waals surface area contributed by atoms with Crippen molar-refractivity contribution in [1.29, 1.82) is 0 Å². The molecule has 0 aliphatic heterocycles. The summed E-state index contributed by atoms with van der Waals surface area (Å²) in [6.45, 7) is 9.17. The van der Waals surface area contributed by atoms with Gasteiger partial charge < -0.3 is 5.73 Å². The summed E-state index contributed by atoms with van der Waals surface area (Å²) in [4.78, 5) is 0. The monoisotopic (exact) mass is 169 g/mol. The third kappa shape index (κ3) is 3.14. The summed E-state index contributed by atoms with van der Waals surface area (Å²) in [6.07, 6.45) is 3.83. The number of hydrogen-bond donors (Lipinski definition) is 1. The highest BCUT2D eigenvalue weighted by Crippen LogP contribution is 2.41. The third-order valence-corrected chi connectivity index (χ3v) is 2.95. The van der Waals surface area contributed by atoms with Gasteiger partial charge in [-0.2, -0.15) is 0 Å². The fourth-order valence-electron chi connectivity index (χ4n) is 1.76. The highest BCUT2D eigenvalue weighted by molar-refractivity contribution is 4.90. The van der Waals surface area contributed by atoms with Crippen molar-refractivity contribution < 1.29 is 0 Å². The molecule has 1 saturated carbocycles. The molecule has 12 heavy (non-hydrogen) atoms. The smallest absolute Gasteiger partial charge is 0.00700 e. The fraction of sp³-hybridized carbons (Fsp3) is 1.00. The molecule has 0 amide bonds. The SMILES string of the molecule is CC1CC1C(N)CCC(C)(C)C. The van der Waals surface area contributed by atoms with Crippen LogP contribution in [0.4, 0.5) is 0 Å². The normalized spacial score (nSPS) is 31.8. The Morgan fingerprint density at radius 1 is 1.42 bits per heavy atom. The zero-order valence-corrected chi connectivity index (χ0v) is 8.93. The van der Waals surface area contributed by atoms with E-state index in [0.717, 1.165) is 11.8 Å². The van der Waals surface area contributed by atoms with Crippen molar-refractivity contribution in [1.82, 2.24) is 0 Å². The van der Waals surface area contributed by atoms with Crippen LogP contribution >= 0.6 is 0 Å². The van der Waals surface area contributed by atoms with Crippen molar-refractivity contribution in [2.45, 2.75) is 53.0 Å². The molecule has 2 N–H and O–H groups in total. The maximum absolute atomic E-state index is 6.08. The van der Waals surface area contributed by atoms with E-state index in [4.69, 9.17) is 5.73 Å². The molecule has 72 valence electrons. The second kappa shape index (κ2) is 3.37. The standard InChI is InChI=1S/C11H23N/c1-8-7-9(8)10(12)5-6-11(2,3)4/h8-10H,5-7,12H2,1-4H3. The first-order chi connectivity index (χ1) is 5.40. The van der Waals surface area contributed by atoms with Crippen LogP contribution < -0.4 is 5.73 Å². The maximum atomic E-state index is 6.08. The lowest BCUT2D eigenvalue weighted by molar-refractivity contribution is 0.336. The molecule has 1 nitrogen and oxygen atoms in total. The Hall–Kier alpha value is -0.0400. The number of hydrogen-bond acceptors (Lipinski definition) is 1. The zero-order chi connectivity index (χ0) is 9.35. The van der Waals surface area contributed by atoms with Gasteiger partial charge in [0.15, 0.2) is 0 Å². The van der Waals surface area contributed by atoms with Gasteiger partial charge in [-0.05, 0) is 36.5 Å². The first-order valence-electron chi connectivity index (χ1n) is 5.16. The van der Waals surface area contributed by atoms with E-state index in [1.165, 1.54) is 19.3 Å². The molecule has 3 unspecified atom stereocenters. The van der Waals surface area contributed by atoms with Gasteiger partial charge in [0.05, 0.1) is 0 Å². The lowest BCUT2D eigenvalue weighted by atomic mass is 9.88. The molecule has 1 aliphatic rings. The van der Waals surface area contributed by atoms with Crippen LogP contribution in [-0.2, 0) is 0 Å². The van der Waals surface area contributed by atoms with Crippen LogP contribution in [0.3, 0.4) is 0 Å². The van der Waals surface area contributed by atoms with Crippen LogP contribution in [0.15, 0.2) is 0 Å². The topological polar surface area (TPSA) is 26.0 Å². The van der Waals surface area contributed by atoms with Crippen molar-refractivity contribution in [3.63, 3.8) is 0 Å². The van der Waals surface area contributed by atoms with Gasteiger partial charge in [0, 0.05) is 6.04 Å². The Morgan fingerprint density at radius 3 is 2.25 bits per heavy atom. The zero-order valence-electron chi connectivity index (χ0n) is 8.93. The van der Waals surface area contributed by atoms with Gasteiger partial charge in [0.1, 0.15) is 0 Å². The van der Waals surface area contributed by atoms with E-state index < -0.39 is 0 Å². The lowest BCUT2D eigenvalue weighted by Gasteiger charge is -2.20. The van der Waals surface area contributed by atoms with Crippen molar-refractivity contribution in [2.24, 2.45) is 23.0 Å². The van der Waals surface area contributed by atoms with Crippen molar-refractivity contribution in [2.75, 3.05) is 0 Å². The molecule has 0 bridgehead atoms. The van der Waals surface area contributed by atoms with Crippen LogP contribution in [0.25, 0.3) is 0 Å². The molecule has 0 aromatic heterocycles. The summed E-state index contributed by atoms with van der Waals surface area (Å²) in [7, 11) is 0. The molecule has 0 heterocycles. The molecule has 0 saturated heterocycles. The Balaban J connectivity index is 2.15. The molecule has 0 spiro atoms. The summed E-state index contributed by atoms with van der Waals surface area (Å²) in [5.41, 5.74) is 6.53. The maximum Gasteiger partial charge on any atom is 0.00700 e. The fourth-order valence-corrected chi connectivity index (χ4v) is 1.76. The molecular formula is C11H23N. The van der Waals surface area contributed by atoms with Gasteiger partial charge in [-0.1, -0.05) is 27.7 Å². The highest BCUT2D eigenvalue weighted by atomic mass is 14.7. The summed E-state index contributed by atoms with van der Waals surface area (Å²) < 4.78 is 0. The van der Waals surface area contributed by atoms with E-state index in [-0.39, 0.29) is 0 Å². The summed E-state index contributed by atoms with van der Waals surface area (Å²) in [6, 6.07) is 0.472. The van der Waals surface area contributed by atoms with Gasteiger partial charge in [-0.25, -0.2) is 0 Å². The first kappa shape index (κ1) is 10.0. The molecule has 1 heteroatoms. The van der Waals surface area contributed by atoms with Crippen molar-refractivity contribution >= 4 is 0 Å². The average molecular weight is 169 g/mol.